The maximum Gasteiger partial charge on any atom is 0.334 e. The van der Waals surface area contributed by atoms with E-state index in [-0.39, 0.29) is 12.0 Å². The van der Waals surface area contributed by atoms with Crippen molar-refractivity contribution in [1.82, 2.24) is 0 Å². The van der Waals surface area contributed by atoms with E-state index in [2.05, 4.69) is 0 Å². The standard InChI is InChI=1S/C20H28O8/c1-6-20(5)10-16(19(24)26-12-20)8-7-9-17(27-14(3)22)18(28-15(4)23)11-25-13(2)21/h7-9,17-18H,6,10-12H2,1-5H3/b9-7+,16-8+/t17-,18+,20?/m1/s1. The molecule has 0 aromatic rings. The predicted octanol–water partition coefficient (Wildman–Crippen LogP) is 2.26. The van der Waals surface area contributed by atoms with Crippen molar-refractivity contribution in [3.05, 3.63) is 23.8 Å². The summed E-state index contributed by atoms with van der Waals surface area (Å²) >= 11 is 0. The summed E-state index contributed by atoms with van der Waals surface area (Å²) in [6, 6.07) is 0. The molecule has 1 aliphatic heterocycles. The third kappa shape index (κ3) is 7.94. The van der Waals surface area contributed by atoms with Crippen molar-refractivity contribution in [2.45, 2.75) is 59.7 Å². The van der Waals surface area contributed by atoms with Gasteiger partial charge < -0.3 is 18.9 Å². The zero-order valence-corrected chi connectivity index (χ0v) is 17.0. The van der Waals surface area contributed by atoms with Gasteiger partial charge in [-0.15, -0.1) is 0 Å². The fourth-order valence-electron chi connectivity index (χ4n) is 2.59. The molecule has 0 N–H and O–H groups in total. The first-order valence-electron chi connectivity index (χ1n) is 9.08. The van der Waals surface area contributed by atoms with E-state index in [4.69, 9.17) is 18.9 Å². The number of ether oxygens (including phenoxy) is 4. The summed E-state index contributed by atoms with van der Waals surface area (Å²) in [6.45, 7) is 7.78. The fraction of sp³-hybridized carbons (Fsp3) is 0.600. The van der Waals surface area contributed by atoms with Gasteiger partial charge in [0.15, 0.2) is 12.2 Å². The van der Waals surface area contributed by atoms with Crippen LogP contribution in [-0.2, 0) is 38.1 Å². The van der Waals surface area contributed by atoms with E-state index in [1.165, 1.54) is 32.9 Å². The molecule has 0 saturated carbocycles. The third-order valence-electron chi connectivity index (χ3n) is 4.32. The first-order valence-corrected chi connectivity index (χ1v) is 9.08. The number of hydrogen-bond acceptors (Lipinski definition) is 8. The Balaban J connectivity index is 3.00. The SMILES string of the molecule is CCC1(C)COC(=O)/C(=C/C=C/[C@@H](OC(C)=O)[C@H](COC(C)=O)OC(C)=O)C1. The minimum Gasteiger partial charge on any atom is -0.462 e. The summed E-state index contributed by atoms with van der Waals surface area (Å²) in [6.07, 6.45) is 4.00. The fourth-order valence-corrected chi connectivity index (χ4v) is 2.59. The van der Waals surface area contributed by atoms with Crippen molar-refractivity contribution in [2.75, 3.05) is 13.2 Å². The van der Waals surface area contributed by atoms with Crippen LogP contribution in [0.1, 0.15) is 47.5 Å². The topological polar surface area (TPSA) is 105 Å². The number of allylic oxidation sites excluding steroid dienone is 2. The van der Waals surface area contributed by atoms with E-state index in [1.807, 2.05) is 13.8 Å². The second-order valence-electron chi connectivity index (χ2n) is 7.02. The van der Waals surface area contributed by atoms with Crippen molar-refractivity contribution in [3.8, 4) is 0 Å². The normalized spacial score (nSPS) is 23.0. The van der Waals surface area contributed by atoms with E-state index in [0.29, 0.717) is 18.6 Å². The molecule has 0 spiro atoms. The Kier molecular flexibility index (Phi) is 8.88. The zero-order chi connectivity index (χ0) is 21.3. The van der Waals surface area contributed by atoms with Crippen LogP contribution in [0.15, 0.2) is 23.8 Å². The summed E-state index contributed by atoms with van der Waals surface area (Å²) in [7, 11) is 0. The average molecular weight is 396 g/mol. The van der Waals surface area contributed by atoms with Crippen LogP contribution in [0.5, 0.6) is 0 Å². The lowest BCUT2D eigenvalue weighted by molar-refractivity contribution is -0.169. The largest absolute Gasteiger partial charge is 0.462 e. The lowest BCUT2D eigenvalue weighted by atomic mass is 9.80. The zero-order valence-electron chi connectivity index (χ0n) is 17.0. The Morgan fingerprint density at radius 1 is 1.14 bits per heavy atom. The number of cyclic esters (lactones) is 1. The van der Waals surface area contributed by atoms with E-state index >= 15 is 0 Å². The van der Waals surface area contributed by atoms with Crippen LogP contribution in [0.25, 0.3) is 0 Å². The van der Waals surface area contributed by atoms with Crippen LogP contribution >= 0.6 is 0 Å². The lowest BCUT2D eigenvalue weighted by Gasteiger charge is -2.32. The first kappa shape index (κ1) is 23.4. The Labute approximate surface area is 164 Å². The van der Waals surface area contributed by atoms with Crippen molar-refractivity contribution in [1.29, 1.82) is 0 Å². The van der Waals surface area contributed by atoms with Crippen LogP contribution < -0.4 is 0 Å². The summed E-state index contributed by atoms with van der Waals surface area (Å²) in [5.74, 6) is -2.17. The van der Waals surface area contributed by atoms with Crippen LogP contribution in [0.3, 0.4) is 0 Å². The van der Waals surface area contributed by atoms with Gasteiger partial charge in [0, 0.05) is 31.8 Å². The van der Waals surface area contributed by atoms with Crippen LogP contribution in [0, 0.1) is 5.41 Å². The van der Waals surface area contributed by atoms with Gasteiger partial charge in [0.25, 0.3) is 0 Å². The smallest absolute Gasteiger partial charge is 0.334 e. The van der Waals surface area contributed by atoms with E-state index in [1.54, 1.807) is 6.08 Å². The number of hydrogen-bond donors (Lipinski definition) is 0. The van der Waals surface area contributed by atoms with Gasteiger partial charge in [-0.2, -0.15) is 0 Å². The molecule has 1 heterocycles. The summed E-state index contributed by atoms with van der Waals surface area (Å²) in [5.41, 5.74) is 0.371. The molecule has 0 aromatic carbocycles. The number of carbonyl (C=O) groups excluding carboxylic acids is 4. The lowest BCUT2D eigenvalue weighted by Crippen LogP contribution is -2.37. The number of esters is 4. The Morgan fingerprint density at radius 3 is 2.32 bits per heavy atom. The van der Waals surface area contributed by atoms with Crippen molar-refractivity contribution >= 4 is 23.9 Å². The Morgan fingerprint density at radius 2 is 1.79 bits per heavy atom. The third-order valence-corrected chi connectivity index (χ3v) is 4.32. The molecule has 0 bridgehead atoms. The molecule has 1 aliphatic rings. The van der Waals surface area contributed by atoms with Crippen molar-refractivity contribution in [2.24, 2.45) is 5.41 Å². The van der Waals surface area contributed by atoms with Crippen molar-refractivity contribution in [3.63, 3.8) is 0 Å². The molecule has 1 rings (SSSR count). The summed E-state index contributed by atoms with van der Waals surface area (Å²) in [5, 5.41) is 0. The molecule has 0 amide bonds. The molecule has 8 nitrogen and oxygen atoms in total. The van der Waals surface area contributed by atoms with Gasteiger partial charge in [-0.05, 0) is 18.9 Å². The quantitative estimate of drug-likeness (QED) is 0.349. The minimum absolute atomic E-state index is 0.127. The number of rotatable bonds is 8. The molecule has 1 fully saturated rings. The van der Waals surface area contributed by atoms with E-state index < -0.39 is 36.1 Å². The summed E-state index contributed by atoms with van der Waals surface area (Å²) in [4.78, 5) is 45.8. The second-order valence-corrected chi connectivity index (χ2v) is 7.02. The molecule has 28 heavy (non-hydrogen) atoms. The molecule has 1 saturated heterocycles. The van der Waals surface area contributed by atoms with Gasteiger partial charge in [0.1, 0.15) is 6.61 Å². The van der Waals surface area contributed by atoms with Gasteiger partial charge in [-0.3, -0.25) is 14.4 Å². The molecule has 0 radical (unpaired) electrons. The van der Waals surface area contributed by atoms with Gasteiger partial charge in [-0.1, -0.05) is 26.0 Å². The monoisotopic (exact) mass is 396 g/mol. The summed E-state index contributed by atoms with van der Waals surface area (Å²) < 4.78 is 20.4. The molecular formula is C20H28O8. The van der Waals surface area contributed by atoms with Crippen LogP contribution in [0.2, 0.25) is 0 Å². The second kappa shape index (κ2) is 10.6. The Bertz CT molecular complexity index is 663. The highest BCUT2D eigenvalue weighted by molar-refractivity contribution is 5.89. The highest BCUT2D eigenvalue weighted by Gasteiger charge is 2.33. The van der Waals surface area contributed by atoms with E-state index in [9.17, 15) is 19.2 Å². The first-order chi connectivity index (χ1) is 13.1. The number of carbonyl (C=O) groups is 4. The van der Waals surface area contributed by atoms with Gasteiger partial charge in [0.2, 0.25) is 0 Å². The predicted molar refractivity (Wildman–Crippen MR) is 98.9 cm³/mol. The van der Waals surface area contributed by atoms with Crippen LogP contribution in [0.4, 0.5) is 0 Å². The molecule has 8 heteroatoms. The van der Waals surface area contributed by atoms with Gasteiger partial charge in [0.05, 0.1) is 6.61 Å². The molecule has 1 unspecified atom stereocenters. The molecule has 156 valence electrons. The minimum atomic E-state index is -1.01. The highest BCUT2D eigenvalue weighted by atomic mass is 16.6. The molecule has 0 aromatic heterocycles. The molecule has 3 atom stereocenters. The molecular weight excluding hydrogens is 368 g/mol. The average Bonchev–Trinajstić information content (AvgIpc) is 2.60. The Hall–Kier alpha value is -2.64. The van der Waals surface area contributed by atoms with Gasteiger partial charge >= 0.3 is 23.9 Å². The van der Waals surface area contributed by atoms with E-state index in [0.717, 1.165) is 6.42 Å². The maximum absolute atomic E-state index is 12.0. The highest BCUT2D eigenvalue weighted by Crippen LogP contribution is 2.34. The van der Waals surface area contributed by atoms with Crippen LogP contribution in [-0.4, -0.2) is 49.3 Å². The van der Waals surface area contributed by atoms with Gasteiger partial charge in [-0.25, -0.2) is 4.79 Å². The van der Waals surface area contributed by atoms with Crippen molar-refractivity contribution < 1.29 is 38.1 Å². The maximum atomic E-state index is 12.0. The molecule has 0 aliphatic carbocycles.